The quantitative estimate of drug-likeness (QED) is 0.698. The van der Waals surface area contributed by atoms with E-state index in [1.165, 1.54) is 0 Å². The molecule has 0 aromatic carbocycles. The van der Waals surface area contributed by atoms with Gasteiger partial charge in [0.1, 0.15) is 0 Å². The molecule has 0 N–H and O–H groups in total. The molecule has 0 aliphatic carbocycles. The van der Waals surface area contributed by atoms with Crippen LogP contribution in [0.2, 0.25) is 0 Å². The van der Waals surface area contributed by atoms with Crippen LogP contribution in [0, 0.1) is 5.92 Å². The molecule has 2 nitrogen and oxygen atoms in total. The predicted octanol–water partition coefficient (Wildman–Crippen LogP) is 2.60. The number of aryl methyl sites for hydroxylation is 1. The van der Waals surface area contributed by atoms with Gasteiger partial charge in [-0.05, 0) is 23.8 Å². The summed E-state index contributed by atoms with van der Waals surface area (Å²) in [5.74, 6) is 2.52. The molecule has 0 spiro atoms. The Morgan fingerprint density at radius 3 is 2.79 bits per heavy atom. The summed E-state index contributed by atoms with van der Waals surface area (Å²) in [5.41, 5.74) is 0.807. The van der Waals surface area contributed by atoms with Crippen molar-refractivity contribution in [1.29, 1.82) is 0 Å². The van der Waals surface area contributed by atoms with Crippen LogP contribution in [-0.4, -0.2) is 21.9 Å². The zero-order valence-electron chi connectivity index (χ0n) is 8.99. The van der Waals surface area contributed by atoms with E-state index in [4.69, 9.17) is 0 Å². The van der Waals surface area contributed by atoms with Crippen molar-refractivity contribution in [3.63, 3.8) is 0 Å². The average molecular weight is 211 g/mol. The largest absolute Gasteiger partial charge is 0.348 e. The molecule has 1 aromatic heterocycles. The molecule has 0 amide bonds. The zero-order valence-corrected chi connectivity index (χ0v) is 9.80. The summed E-state index contributed by atoms with van der Waals surface area (Å²) in [6.45, 7) is 4.33. The van der Waals surface area contributed by atoms with Crippen molar-refractivity contribution in [3.8, 4) is 0 Å². The maximum Gasteiger partial charge on any atom is 0.189 e. The van der Waals surface area contributed by atoms with Gasteiger partial charge in [0, 0.05) is 13.2 Å². The van der Waals surface area contributed by atoms with Crippen molar-refractivity contribution in [2.45, 2.75) is 13.8 Å². The third-order valence-corrected chi connectivity index (χ3v) is 3.28. The summed E-state index contributed by atoms with van der Waals surface area (Å²) in [6, 6.07) is 3.78. The number of rotatable bonds is 5. The number of hydrogen-bond donors (Lipinski definition) is 0. The fourth-order valence-corrected chi connectivity index (χ4v) is 2.13. The first-order chi connectivity index (χ1) is 6.61. The van der Waals surface area contributed by atoms with E-state index in [1.807, 2.05) is 29.9 Å². The van der Waals surface area contributed by atoms with E-state index < -0.39 is 0 Å². The minimum atomic E-state index is 0.225. The first-order valence-corrected chi connectivity index (χ1v) is 5.99. The normalized spacial score (nSPS) is 10.9. The van der Waals surface area contributed by atoms with E-state index in [0.29, 0.717) is 11.7 Å². The summed E-state index contributed by atoms with van der Waals surface area (Å²) >= 11 is 1.71. The van der Waals surface area contributed by atoms with Gasteiger partial charge in [-0.2, -0.15) is 11.8 Å². The van der Waals surface area contributed by atoms with E-state index in [2.05, 4.69) is 13.8 Å². The van der Waals surface area contributed by atoms with Crippen molar-refractivity contribution < 1.29 is 4.79 Å². The number of hydrogen-bond acceptors (Lipinski definition) is 2. The van der Waals surface area contributed by atoms with Crippen molar-refractivity contribution in [2.24, 2.45) is 13.0 Å². The van der Waals surface area contributed by atoms with Gasteiger partial charge < -0.3 is 4.57 Å². The van der Waals surface area contributed by atoms with E-state index in [9.17, 15) is 4.79 Å². The number of carbonyl (C=O) groups is 1. The van der Waals surface area contributed by atoms with Crippen LogP contribution in [0.3, 0.4) is 0 Å². The first kappa shape index (κ1) is 11.4. The Hall–Kier alpha value is -0.700. The van der Waals surface area contributed by atoms with Gasteiger partial charge in [0.05, 0.1) is 11.4 Å². The fraction of sp³-hybridized carbons (Fsp3) is 0.545. The van der Waals surface area contributed by atoms with Gasteiger partial charge in [-0.1, -0.05) is 13.8 Å². The van der Waals surface area contributed by atoms with Crippen molar-refractivity contribution in [1.82, 2.24) is 4.57 Å². The highest BCUT2D eigenvalue weighted by atomic mass is 32.2. The lowest BCUT2D eigenvalue weighted by Gasteiger charge is -2.04. The second kappa shape index (κ2) is 5.25. The molecule has 0 saturated carbocycles. The van der Waals surface area contributed by atoms with Gasteiger partial charge in [0.2, 0.25) is 0 Å². The van der Waals surface area contributed by atoms with Gasteiger partial charge in [-0.3, -0.25) is 4.79 Å². The standard InChI is InChI=1S/C11H17NOS/c1-9(2)7-14-8-11(13)10-5-4-6-12(10)3/h4-6,9H,7-8H2,1-3H3. The van der Waals surface area contributed by atoms with Crippen LogP contribution in [0.1, 0.15) is 24.3 Å². The van der Waals surface area contributed by atoms with E-state index in [0.717, 1.165) is 11.4 Å². The molecule has 1 heterocycles. The predicted molar refractivity (Wildman–Crippen MR) is 61.9 cm³/mol. The number of ketones is 1. The van der Waals surface area contributed by atoms with Crippen molar-refractivity contribution >= 4 is 17.5 Å². The van der Waals surface area contributed by atoms with Crippen LogP contribution in [-0.2, 0) is 7.05 Å². The van der Waals surface area contributed by atoms with Gasteiger partial charge in [0.15, 0.2) is 5.78 Å². The van der Waals surface area contributed by atoms with Crippen LogP contribution in [0.15, 0.2) is 18.3 Å². The smallest absolute Gasteiger partial charge is 0.189 e. The maximum absolute atomic E-state index is 11.7. The Balaban J connectivity index is 2.40. The molecular weight excluding hydrogens is 194 g/mol. The molecule has 1 aromatic rings. The minimum Gasteiger partial charge on any atom is -0.348 e. The highest BCUT2D eigenvalue weighted by Crippen LogP contribution is 2.10. The van der Waals surface area contributed by atoms with Gasteiger partial charge in [0.25, 0.3) is 0 Å². The highest BCUT2D eigenvalue weighted by Gasteiger charge is 2.08. The molecule has 3 heteroatoms. The lowest BCUT2D eigenvalue weighted by Crippen LogP contribution is -2.08. The maximum atomic E-state index is 11.7. The van der Waals surface area contributed by atoms with Crippen LogP contribution < -0.4 is 0 Å². The minimum absolute atomic E-state index is 0.225. The summed E-state index contributed by atoms with van der Waals surface area (Å²) in [4.78, 5) is 11.7. The molecule has 0 aliphatic rings. The molecule has 0 unspecified atom stereocenters. The van der Waals surface area contributed by atoms with Crippen molar-refractivity contribution in [3.05, 3.63) is 24.0 Å². The number of Topliss-reactive ketones (excluding diaryl/α,β-unsaturated/α-hetero) is 1. The van der Waals surface area contributed by atoms with Gasteiger partial charge in [-0.15, -0.1) is 0 Å². The molecule has 0 atom stereocenters. The molecule has 0 aliphatic heterocycles. The average Bonchev–Trinajstić information content (AvgIpc) is 2.50. The first-order valence-electron chi connectivity index (χ1n) is 4.83. The highest BCUT2D eigenvalue weighted by molar-refractivity contribution is 7.99. The van der Waals surface area contributed by atoms with Crippen LogP contribution >= 0.6 is 11.8 Å². The number of nitrogens with zero attached hydrogens (tertiary/aromatic N) is 1. The Labute approximate surface area is 89.7 Å². The van der Waals surface area contributed by atoms with Crippen LogP contribution in [0.25, 0.3) is 0 Å². The number of carbonyl (C=O) groups excluding carboxylic acids is 1. The summed E-state index contributed by atoms with van der Waals surface area (Å²) < 4.78 is 1.87. The molecule has 0 fully saturated rings. The van der Waals surface area contributed by atoms with E-state index >= 15 is 0 Å². The molecular formula is C11H17NOS. The van der Waals surface area contributed by atoms with E-state index in [-0.39, 0.29) is 5.78 Å². The summed E-state index contributed by atoms with van der Waals surface area (Å²) in [7, 11) is 1.90. The number of aromatic nitrogens is 1. The molecule has 78 valence electrons. The van der Waals surface area contributed by atoms with Crippen molar-refractivity contribution in [2.75, 3.05) is 11.5 Å². The SMILES string of the molecule is CC(C)CSCC(=O)c1cccn1C. The Morgan fingerprint density at radius 2 is 2.29 bits per heavy atom. The molecule has 0 saturated heterocycles. The van der Waals surface area contributed by atoms with Gasteiger partial charge in [-0.25, -0.2) is 0 Å². The lowest BCUT2D eigenvalue weighted by molar-refractivity contribution is 0.101. The zero-order chi connectivity index (χ0) is 10.6. The molecule has 14 heavy (non-hydrogen) atoms. The second-order valence-corrected chi connectivity index (χ2v) is 4.87. The summed E-state index contributed by atoms with van der Waals surface area (Å²) in [6.07, 6.45) is 1.90. The molecule has 0 radical (unpaired) electrons. The van der Waals surface area contributed by atoms with Crippen LogP contribution in [0.4, 0.5) is 0 Å². The van der Waals surface area contributed by atoms with Gasteiger partial charge >= 0.3 is 0 Å². The lowest BCUT2D eigenvalue weighted by atomic mass is 10.3. The summed E-state index contributed by atoms with van der Waals surface area (Å²) in [5, 5.41) is 0. The third-order valence-electron chi connectivity index (χ3n) is 1.91. The third kappa shape index (κ3) is 3.22. The fourth-order valence-electron chi connectivity index (χ4n) is 1.21. The second-order valence-electron chi connectivity index (χ2n) is 3.84. The monoisotopic (exact) mass is 211 g/mol. The number of thioether (sulfide) groups is 1. The van der Waals surface area contributed by atoms with E-state index in [1.54, 1.807) is 11.8 Å². The molecule has 0 bridgehead atoms. The Morgan fingerprint density at radius 1 is 1.57 bits per heavy atom. The Kier molecular flexibility index (Phi) is 4.26. The Bertz CT molecular complexity index is 304. The van der Waals surface area contributed by atoms with Crippen LogP contribution in [0.5, 0.6) is 0 Å². The molecule has 1 rings (SSSR count). The topological polar surface area (TPSA) is 22.0 Å².